The van der Waals surface area contributed by atoms with Crippen LogP contribution < -0.4 is 0 Å². The van der Waals surface area contributed by atoms with Gasteiger partial charge in [0.25, 0.3) is 0 Å². The lowest BCUT2D eigenvalue weighted by atomic mass is 9.92. The average molecular weight is 378 g/mol. The topological polar surface area (TPSA) is 6.48 Å². The number of piperazine rings is 1. The van der Waals surface area contributed by atoms with Gasteiger partial charge in [0.05, 0.1) is 5.48 Å². The number of benzene rings is 2. The first-order valence-corrected chi connectivity index (χ1v) is 9.26. The first-order chi connectivity index (χ1) is 16.0. The van der Waals surface area contributed by atoms with Gasteiger partial charge in [-0.25, -0.2) is 0 Å². The van der Waals surface area contributed by atoms with E-state index in [-0.39, 0.29) is 36.8 Å². The van der Waals surface area contributed by atoms with Gasteiger partial charge >= 0.3 is 0 Å². The van der Waals surface area contributed by atoms with Gasteiger partial charge in [-0.05, 0) is 63.0 Å². The molecule has 26 heavy (non-hydrogen) atoms. The van der Waals surface area contributed by atoms with Gasteiger partial charge in [0.1, 0.15) is 0 Å². The fourth-order valence-corrected chi connectivity index (χ4v) is 4.28. The van der Waals surface area contributed by atoms with Crippen molar-refractivity contribution in [1.29, 1.82) is 0 Å². The SMILES string of the molecule is [2H]c1c([2H])c(C)c([2H])c([C@@H]2C[C@@H](N3CC([2H])([2H])N(C([2H])([2H])[2H])C(C)(C)C3)c3cc(Cl)ccc32)c1[2H]. The Morgan fingerprint density at radius 3 is 2.92 bits per heavy atom. The first kappa shape index (κ1) is 10.3. The summed E-state index contributed by atoms with van der Waals surface area (Å²) in [5.74, 6) is -0.398. The van der Waals surface area contributed by atoms with E-state index in [4.69, 9.17) is 23.9 Å². The molecule has 0 unspecified atom stereocenters. The predicted molar refractivity (Wildman–Crippen MR) is 110 cm³/mol. The third kappa shape index (κ3) is 3.19. The number of halogens is 1. The molecule has 0 amide bonds. The summed E-state index contributed by atoms with van der Waals surface area (Å²) < 4.78 is 74.6. The summed E-state index contributed by atoms with van der Waals surface area (Å²) in [7, 11) is 0. The summed E-state index contributed by atoms with van der Waals surface area (Å²) in [6.07, 6.45) is 0.434. The molecule has 4 rings (SSSR count). The maximum Gasteiger partial charge on any atom is 0.0629 e. The second-order valence-corrected chi connectivity index (χ2v) is 8.26. The van der Waals surface area contributed by atoms with Crippen molar-refractivity contribution in [2.24, 2.45) is 0 Å². The van der Waals surface area contributed by atoms with E-state index in [9.17, 15) is 0 Å². The zero-order valence-electron chi connectivity index (χ0n) is 24.3. The molecule has 1 saturated heterocycles. The van der Waals surface area contributed by atoms with E-state index in [1.54, 1.807) is 26.8 Å². The number of likely N-dealkylation sites (N-methyl/N-ethyl adjacent to an activating group) is 1. The van der Waals surface area contributed by atoms with Gasteiger partial charge in [-0.2, -0.15) is 0 Å². The number of hydrogen-bond donors (Lipinski definition) is 0. The van der Waals surface area contributed by atoms with Crippen molar-refractivity contribution in [3.63, 3.8) is 0 Å². The Bertz CT molecular complexity index is 1130. The molecule has 0 radical (unpaired) electrons. The van der Waals surface area contributed by atoms with E-state index in [1.807, 2.05) is 17.0 Å². The fourth-order valence-electron chi connectivity index (χ4n) is 4.10. The molecule has 1 heterocycles. The van der Waals surface area contributed by atoms with Crippen molar-refractivity contribution in [2.45, 2.75) is 44.7 Å². The minimum Gasteiger partial charge on any atom is -0.299 e. The van der Waals surface area contributed by atoms with Crippen LogP contribution in [0.3, 0.4) is 0 Å². The number of rotatable bonds is 2. The van der Waals surface area contributed by atoms with Crippen LogP contribution >= 0.6 is 11.6 Å². The second kappa shape index (κ2) is 6.67. The molecule has 2 aliphatic rings. The fraction of sp³-hybridized carbons (Fsp3) is 0.478. The standard InChI is InChI=1S/C23H29ClN2/c1-16-6-5-7-17(12-16)20-14-22(21-13-18(24)8-9-19(20)21)26-11-10-25(4)23(2,3)15-26/h5-9,12-13,20,22H,10-11,14-15H2,1-4H3/t20-,22+/m0/s1/i4D3,5D,6D,7D,10D2,12D. The molecule has 3 heteroatoms. The Balaban J connectivity index is 1.81. The third-order valence-corrected chi connectivity index (χ3v) is 5.66. The third-order valence-electron chi connectivity index (χ3n) is 5.43. The first-order valence-electron chi connectivity index (χ1n) is 13.4. The van der Waals surface area contributed by atoms with E-state index in [0.29, 0.717) is 29.1 Å². The Labute approximate surface area is 175 Å². The highest BCUT2D eigenvalue weighted by Crippen LogP contribution is 2.48. The summed E-state index contributed by atoms with van der Waals surface area (Å²) in [5.41, 5.74) is 1.45. The molecule has 1 aliphatic heterocycles. The van der Waals surface area contributed by atoms with Crippen LogP contribution in [0.5, 0.6) is 0 Å². The van der Waals surface area contributed by atoms with Gasteiger partial charge < -0.3 is 0 Å². The molecule has 2 atom stereocenters. The molecule has 0 bridgehead atoms. The largest absolute Gasteiger partial charge is 0.299 e. The minimum absolute atomic E-state index is 0.0745. The van der Waals surface area contributed by atoms with E-state index >= 15 is 0 Å². The highest BCUT2D eigenvalue weighted by molar-refractivity contribution is 6.30. The van der Waals surface area contributed by atoms with Gasteiger partial charge in [0.2, 0.25) is 0 Å². The molecule has 1 fully saturated rings. The highest BCUT2D eigenvalue weighted by Gasteiger charge is 2.40. The molecule has 2 aromatic carbocycles. The molecule has 2 nitrogen and oxygen atoms in total. The molecule has 1 aliphatic carbocycles. The lowest BCUT2D eigenvalue weighted by molar-refractivity contribution is 0.0158. The van der Waals surface area contributed by atoms with E-state index in [2.05, 4.69) is 0 Å². The van der Waals surface area contributed by atoms with Crippen LogP contribution in [0, 0.1) is 6.92 Å². The normalized spacial score (nSPS) is 33.5. The van der Waals surface area contributed by atoms with Crippen molar-refractivity contribution >= 4 is 11.6 Å². The van der Waals surface area contributed by atoms with Crippen molar-refractivity contribution in [3.8, 4) is 0 Å². The van der Waals surface area contributed by atoms with Gasteiger partial charge in [-0.1, -0.05) is 47.4 Å². The summed E-state index contributed by atoms with van der Waals surface area (Å²) in [5, 5.41) is 0.508. The minimum atomic E-state index is -2.60. The molecule has 0 N–H and O–H groups in total. The summed E-state index contributed by atoms with van der Waals surface area (Å²) in [4.78, 5) is 2.92. The van der Waals surface area contributed by atoms with Crippen LogP contribution in [0.15, 0.2) is 42.4 Å². The average Bonchev–Trinajstić information content (AvgIpc) is 3.06. The number of hydrogen-bond acceptors (Lipinski definition) is 2. The lowest BCUT2D eigenvalue weighted by Gasteiger charge is -2.47. The maximum absolute atomic E-state index is 8.66. The number of nitrogens with zero attached hydrogens (tertiary/aromatic N) is 2. The predicted octanol–water partition coefficient (Wildman–Crippen LogP) is 5.25. The summed E-state index contributed by atoms with van der Waals surface area (Å²) >= 11 is 6.35. The Morgan fingerprint density at radius 1 is 1.31 bits per heavy atom. The van der Waals surface area contributed by atoms with Crippen LogP contribution in [0.25, 0.3) is 0 Å². The highest BCUT2D eigenvalue weighted by atomic mass is 35.5. The van der Waals surface area contributed by atoms with E-state index in [1.165, 1.54) is 0 Å². The Morgan fingerprint density at radius 2 is 2.15 bits per heavy atom. The van der Waals surface area contributed by atoms with Gasteiger partial charge in [-0.3, -0.25) is 9.80 Å². The van der Waals surface area contributed by atoms with Crippen molar-refractivity contribution < 1.29 is 12.3 Å². The van der Waals surface area contributed by atoms with E-state index in [0.717, 1.165) is 16.0 Å². The summed E-state index contributed by atoms with van der Waals surface area (Å²) in [6, 6.07) is 4.71. The van der Waals surface area contributed by atoms with Crippen LogP contribution in [-0.4, -0.2) is 41.9 Å². The monoisotopic (exact) mass is 377 g/mol. The Hall–Kier alpha value is -1.35. The number of fused-ring (bicyclic) bond motifs is 1. The lowest BCUT2D eigenvalue weighted by Crippen LogP contribution is -2.58. The summed E-state index contributed by atoms with van der Waals surface area (Å²) in [6.45, 7) is 0.508. The van der Waals surface area contributed by atoms with Crippen LogP contribution in [0.2, 0.25) is 5.02 Å². The van der Waals surface area contributed by atoms with Crippen LogP contribution in [0.1, 0.15) is 66.8 Å². The maximum atomic E-state index is 8.66. The molecule has 2 aromatic rings. The van der Waals surface area contributed by atoms with Crippen molar-refractivity contribution in [2.75, 3.05) is 26.6 Å². The van der Waals surface area contributed by atoms with Gasteiger partial charge in [0.15, 0.2) is 0 Å². The van der Waals surface area contributed by atoms with Crippen molar-refractivity contribution in [3.05, 3.63) is 69.6 Å². The molecular weight excluding hydrogens is 340 g/mol. The van der Waals surface area contributed by atoms with Gasteiger partial charge in [-0.15, -0.1) is 0 Å². The zero-order chi connectivity index (χ0) is 26.2. The van der Waals surface area contributed by atoms with E-state index < -0.39 is 24.9 Å². The molecule has 0 spiro atoms. The van der Waals surface area contributed by atoms with Crippen LogP contribution in [0.4, 0.5) is 0 Å². The van der Waals surface area contributed by atoms with Gasteiger partial charge in [0, 0.05) is 49.0 Å². The molecular formula is C23H29ClN2. The second-order valence-electron chi connectivity index (χ2n) is 7.83. The quantitative estimate of drug-likeness (QED) is 0.705. The molecule has 0 saturated carbocycles. The zero-order valence-corrected chi connectivity index (χ0v) is 16.0. The smallest absolute Gasteiger partial charge is 0.0629 e. The molecule has 0 aromatic heterocycles. The molecule has 138 valence electrons. The van der Waals surface area contributed by atoms with Crippen molar-refractivity contribution in [1.82, 2.24) is 9.80 Å². The Kier molecular flexibility index (Phi) is 2.63. The van der Waals surface area contributed by atoms with Crippen LogP contribution in [-0.2, 0) is 0 Å².